The summed E-state index contributed by atoms with van der Waals surface area (Å²) in [5.74, 6) is -0.485. The van der Waals surface area contributed by atoms with E-state index in [1.165, 1.54) is 6.08 Å². The molecule has 120 valence electrons. The molecule has 1 amide bonds. The van der Waals surface area contributed by atoms with Crippen LogP contribution < -0.4 is 5.73 Å². The Hall–Kier alpha value is -1.83. The maximum absolute atomic E-state index is 10.8. The average molecular weight is 303 g/mol. The molecule has 0 atom stereocenters. The SMILES string of the molecule is [2H]C([2H])C1=C(C=CC(C)=CC=CC(C)=CC(N)=O)C(C)(C)CCC1([2H])[2H]. The molecular weight excluding hydrogens is 270 g/mol. The highest BCUT2D eigenvalue weighted by molar-refractivity contribution is 5.86. The van der Waals surface area contributed by atoms with Gasteiger partial charge in [-0.3, -0.25) is 4.79 Å². The van der Waals surface area contributed by atoms with Crippen LogP contribution in [0.4, 0.5) is 0 Å². The Morgan fingerprint density at radius 3 is 2.68 bits per heavy atom. The molecule has 1 aliphatic rings. The second kappa shape index (κ2) is 7.98. The number of hydrogen-bond donors (Lipinski definition) is 1. The van der Waals surface area contributed by atoms with Gasteiger partial charge in [0.2, 0.25) is 5.91 Å². The van der Waals surface area contributed by atoms with E-state index in [-0.39, 0.29) is 11.0 Å². The third-order valence-electron chi connectivity index (χ3n) is 3.69. The van der Waals surface area contributed by atoms with Gasteiger partial charge in [0.05, 0.1) is 0 Å². The molecule has 2 nitrogen and oxygen atoms in total. The standard InChI is InChI=1S/C20H29NO/c1-15(8-6-9-16(2)14-19(21)22)11-12-18-17(3)10-7-13-20(18,4)5/h6,8-9,11-12,14H,7,10,13H2,1-5H3,(H2,21,22)/i3D2,10D2. The van der Waals surface area contributed by atoms with Crippen LogP contribution in [0.5, 0.6) is 0 Å². The third-order valence-corrected chi connectivity index (χ3v) is 3.69. The van der Waals surface area contributed by atoms with Gasteiger partial charge in [-0.15, -0.1) is 0 Å². The molecule has 0 aromatic carbocycles. The van der Waals surface area contributed by atoms with E-state index in [0.717, 1.165) is 16.7 Å². The highest BCUT2D eigenvalue weighted by Gasteiger charge is 2.26. The Morgan fingerprint density at radius 2 is 2.05 bits per heavy atom. The van der Waals surface area contributed by atoms with Gasteiger partial charge in [0.1, 0.15) is 0 Å². The van der Waals surface area contributed by atoms with Gasteiger partial charge in [-0.1, -0.05) is 55.4 Å². The Kier molecular flexibility index (Phi) is 4.60. The lowest BCUT2D eigenvalue weighted by molar-refractivity contribution is -0.113. The van der Waals surface area contributed by atoms with Crippen LogP contribution in [-0.2, 0) is 4.79 Å². The molecule has 2 heteroatoms. The smallest absolute Gasteiger partial charge is 0.241 e. The van der Waals surface area contributed by atoms with E-state index in [9.17, 15) is 4.79 Å². The normalized spacial score (nSPS) is 25.3. The summed E-state index contributed by atoms with van der Waals surface area (Å²) in [6.45, 7) is 6.43. The minimum Gasteiger partial charge on any atom is -0.366 e. The Morgan fingerprint density at radius 1 is 1.32 bits per heavy atom. The lowest BCUT2D eigenvalue weighted by Gasteiger charge is -2.32. The van der Waals surface area contributed by atoms with E-state index in [1.807, 2.05) is 45.1 Å². The van der Waals surface area contributed by atoms with Crippen LogP contribution in [0.3, 0.4) is 0 Å². The lowest BCUT2D eigenvalue weighted by Crippen LogP contribution is -2.19. The van der Waals surface area contributed by atoms with Crippen molar-refractivity contribution in [2.45, 2.75) is 53.8 Å². The molecule has 2 N–H and O–H groups in total. The van der Waals surface area contributed by atoms with Crippen LogP contribution in [0.15, 0.2) is 58.7 Å². The zero-order valence-corrected chi connectivity index (χ0v) is 13.9. The number of nitrogens with two attached hydrogens (primary N) is 1. The van der Waals surface area contributed by atoms with Crippen molar-refractivity contribution < 1.29 is 10.3 Å². The Labute approximate surface area is 140 Å². The van der Waals surface area contributed by atoms with Crippen LogP contribution in [0.1, 0.15) is 59.3 Å². The minimum absolute atomic E-state index is 0.258. The summed E-state index contributed by atoms with van der Waals surface area (Å²) in [6, 6.07) is 0. The Bertz CT molecular complexity index is 695. The van der Waals surface area contributed by atoms with Crippen molar-refractivity contribution in [2.24, 2.45) is 11.1 Å². The number of amides is 1. The molecule has 0 aromatic rings. The zero-order valence-electron chi connectivity index (χ0n) is 17.9. The molecule has 0 unspecified atom stereocenters. The van der Waals surface area contributed by atoms with Gasteiger partial charge in [-0.25, -0.2) is 0 Å². The summed E-state index contributed by atoms with van der Waals surface area (Å²) in [5.41, 5.74) is 7.52. The number of carbonyl (C=O) groups excluding carboxylic acids is 1. The van der Waals surface area contributed by atoms with Crippen molar-refractivity contribution in [1.82, 2.24) is 0 Å². The topological polar surface area (TPSA) is 43.1 Å². The number of rotatable bonds is 5. The largest absolute Gasteiger partial charge is 0.366 e. The van der Waals surface area contributed by atoms with Crippen LogP contribution in [0.2, 0.25) is 0 Å². The van der Waals surface area contributed by atoms with E-state index < -0.39 is 19.2 Å². The van der Waals surface area contributed by atoms with E-state index >= 15 is 0 Å². The highest BCUT2D eigenvalue weighted by atomic mass is 16.1. The molecule has 1 aliphatic carbocycles. The molecule has 0 radical (unpaired) electrons. The summed E-state index contributed by atoms with van der Waals surface area (Å²) in [5, 5.41) is 0. The van der Waals surface area contributed by atoms with E-state index in [1.54, 1.807) is 13.0 Å². The van der Waals surface area contributed by atoms with Gasteiger partial charge in [0, 0.05) is 11.6 Å². The summed E-state index contributed by atoms with van der Waals surface area (Å²) in [7, 11) is 0. The first-order valence-electron chi connectivity index (χ1n) is 9.63. The maximum atomic E-state index is 10.8. The molecule has 0 saturated heterocycles. The Balaban J connectivity index is 3.14. The van der Waals surface area contributed by atoms with Crippen molar-refractivity contribution in [3.63, 3.8) is 0 Å². The second-order valence-electron chi connectivity index (χ2n) is 6.28. The first kappa shape index (κ1) is 12.7. The van der Waals surface area contributed by atoms with Crippen molar-refractivity contribution in [3.8, 4) is 0 Å². The van der Waals surface area contributed by atoms with Crippen LogP contribution in [0.25, 0.3) is 0 Å². The molecule has 0 saturated carbocycles. The lowest BCUT2D eigenvalue weighted by atomic mass is 9.72. The van der Waals surface area contributed by atoms with E-state index in [0.29, 0.717) is 12.8 Å². The van der Waals surface area contributed by atoms with Crippen LogP contribution in [-0.4, -0.2) is 5.91 Å². The molecular formula is C20H29NO. The fourth-order valence-electron chi connectivity index (χ4n) is 2.31. The molecule has 0 bridgehead atoms. The minimum atomic E-state index is -1.61. The van der Waals surface area contributed by atoms with E-state index in [2.05, 4.69) is 0 Å². The molecule has 22 heavy (non-hydrogen) atoms. The first-order valence-corrected chi connectivity index (χ1v) is 7.47. The monoisotopic (exact) mass is 303 g/mol. The van der Waals surface area contributed by atoms with Crippen molar-refractivity contribution in [3.05, 3.63) is 58.7 Å². The van der Waals surface area contributed by atoms with Gasteiger partial charge in [0.15, 0.2) is 0 Å². The van der Waals surface area contributed by atoms with Crippen LogP contribution in [0, 0.1) is 5.41 Å². The number of allylic oxidation sites excluding steroid dienone is 9. The van der Waals surface area contributed by atoms with Crippen LogP contribution >= 0.6 is 0 Å². The molecule has 0 spiro atoms. The number of primary amides is 1. The summed E-state index contributed by atoms with van der Waals surface area (Å²) >= 11 is 0. The predicted octanol–water partition coefficient (Wildman–Crippen LogP) is 5.00. The van der Waals surface area contributed by atoms with Gasteiger partial charge in [-0.05, 0) is 56.5 Å². The summed E-state index contributed by atoms with van der Waals surface area (Å²) in [6.07, 6.45) is 9.93. The average Bonchev–Trinajstić information content (AvgIpc) is 2.47. The molecule has 0 fully saturated rings. The molecule has 0 aliphatic heterocycles. The third kappa shape index (κ3) is 5.88. The van der Waals surface area contributed by atoms with Crippen molar-refractivity contribution in [2.75, 3.05) is 0 Å². The highest BCUT2D eigenvalue weighted by Crippen LogP contribution is 2.40. The summed E-state index contributed by atoms with van der Waals surface area (Å²) < 4.78 is 32.0. The molecule has 0 aromatic heterocycles. The first-order chi connectivity index (χ1) is 11.9. The van der Waals surface area contributed by atoms with Gasteiger partial charge >= 0.3 is 0 Å². The second-order valence-corrected chi connectivity index (χ2v) is 6.28. The van der Waals surface area contributed by atoms with E-state index in [4.69, 9.17) is 11.2 Å². The molecule has 1 rings (SSSR count). The molecule has 0 heterocycles. The summed E-state index contributed by atoms with van der Waals surface area (Å²) in [4.78, 5) is 10.8. The van der Waals surface area contributed by atoms with Gasteiger partial charge in [-0.2, -0.15) is 0 Å². The number of hydrogen-bond acceptors (Lipinski definition) is 1. The predicted molar refractivity (Wildman–Crippen MR) is 95.3 cm³/mol. The fourth-order valence-corrected chi connectivity index (χ4v) is 2.31. The van der Waals surface area contributed by atoms with Gasteiger partial charge in [0.25, 0.3) is 0 Å². The fraction of sp³-hybridized carbons (Fsp3) is 0.450. The number of carbonyl (C=O) groups is 1. The quantitative estimate of drug-likeness (QED) is 0.563. The van der Waals surface area contributed by atoms with Crippen molar-refractivity contribution in [1.29, 1.82) is 0 Å². The van der Waals surface area contributed by atoms with Crippen molar-refractivity contribution >= 4 is 5.91 Å². The van der Waals surface area contributed by atoms with Gasteiger partial charge < -0.3 is 5.73 Å². The zero-order chi connectivity index (χ0) is 20.1. The maximum Gasteiger partial charge on any atom is 0.241 e.